The van der Waals surface area contributed by atoms with Crippen molar-refractivity contribution in [3.63, 3.8) is 0 Å². The van der Waals surface area contributed by atoms with Crippen LogP contribution in [0, 0.1) is 5.82 Å². The van der Waals surface area contributed by atoms with Gasteiger partial charge in [0.25, 0.3) is 0 Å². The maximum absolute atomic E-state index is 13.6. The average Bonchev–Trinajstić information content (AvgIpc) is 3.00. The van der Waals surface area contributed by atoms with Crippen molar-refractivity contribution < 1.29 is 9.18 Å². The number of carbonyl (C=O) groups excluding carboxylic acids is 1. The summed E-state index contributed by atoms with van der Waals surface area (Å²) < 4.78 is 13.6. The lowest BCUT2D eigenvalue weighted by Gasteiger charge is -2.05. The largest absolute Gasteiger partial charge is 0.323 e. The molecule has 0 unspecified atom stereocenters. The minimum Gasteiger partial charge on any atom is -0.323 e. The van der Waals surface area contributed by atoms with Crippen molar-refractivity contribution in [1.82, 2.24) is 4.98 Å². The fourth-order valence-electron chi connectivity index (χ4n) is 2.05. The van der Waals surface area contributed by atoms with Gasteiger partial charge in [-0.3, -0.25) is 4.79 Å². The Labute approximate surface area is 141 Å². The Kier molecular flexibility index (Phi) is 4.69. The number of halogens is 2. The van der Waals surface area contributed by atoms with E-state index in [1.165, 1.54) is 29.5 Å². The molecule has 0 bridgehead atoms. The fraction of sp³-hybridized carbons (Fsp3) is 0.0588. The van der Waals surface area contributed by atoms with E-state index in [-0.39, 0.29) is 18.0 Å². The molecule has 2 aromatic carbocycles. The van der Waals surface area contributed by atoms with Crippen molar-refractivity contribution in [1.29, 1.82) is 0 Å². The van der Waals surface area contributed by atoms with Gasteiger partial charge in [-0.1, -0.05) is 41.9 Å². The molecule has 1 aromatic heterocycles. The van der Waals surface area contributed by atoms with Crippen LogP contribution in [0.4, 0.5) is 10.1 Å². The lowest BCUT2D eigenvalue weighted by Crippen LogP contribution is -2.15. The van der Waals surface area contributed by atoms with Crippen LogP contribution in [-0.2, 0) is 11.2 Å². The summed E-state index contributed by atoms with van der Waals surface area (Å²) in [6.07, 6.45) is 0.0787. The first-order valence-electron chi connectivity index (χ1n) is 6.86. The van der Waals surface area contributed by atoms with Crippen molar-refractivity contribution in [2.24, 2.45) is 0 Å². The van der Waals surface area contributed by atoms with Gasteiger partial charge in [-0.2, -0.15) is 0 Å². The Bertz CT molecular complexity index is 836. The summed E-state index contributed by atoms with van der Waals surface area (Å²) in [5, 5.41) is 5.56. The molecule has 0 spiro atoms. The number of carbonyl (C=O) groups is 1. The Morgan fingerprint density at radius 3 is 2.78 bits per heavy atom. The zero-order valence-corrected chi connectivity index (χ0v) is 13.5. The highest BCUT2D eigenvalue weighted by Gasteiger charge is 2.11. The number of nitrogens with zero attached hydrogens (tertiary/aromatic N) is 1. The molecule has 0 saturated heterocycles. The first-order chi connectivity index (χ1) is 11.1. The molecule has 23 heavy (non-hydrogen) atoms. The van der Waals surface area contributed by atoms with Gasteiger partial charge < -0.3 is 5.32 Å². The second kappa shape index (κ2) is 6.89. The van der Waals surface area contributed by atoms with E-state index in [1.54, 1.807) is 0 Å². The molecule has 0 aliphatic rings. The van der Waals surface area contributed by atoms with Gasteiger partial charge in [-0.25, -0.2) is 9.37 Å². The predicted molar refractivity (Wildman–Crippen MR) is 91.3 cm³/mol. The quantitative estimate of drug-likeness (QED) is 0.738. The lowest BCUT2D eigenvalue weighted by molar-refractivity contribution is -0.115. The van der Waals surface area contributed by atoms with E-state index < -0.39 is 5.82 Å². The van der Waals surface area contributed by atoms with Gasteiger partial charge in [0, 0.05) is 16.0 Å². The van der Waals surface area contributed by atoms with Crippen molar-refractivity contribution in [2.75, 3.05) is 5.32 Å². The Balaban J connectivity index is 1.69. The van der Waals surface area contributed by atoms with Crippen molar-refractivity contribution in [3.05, 3.63) is 70.4 Å². The van der Waals surface area contributed by atoms with Crippen LogP contribution in [0.15, 0.2) is 53.9 Å². The second-order valence-corrected chi connectivity index (χ2v) is 6.15. The number of nitrogens with one attached hydrogen (secondary N) is 1. The van der Waals surface area contributed by atoms with Crippen LogP contribution >= 0.6 is 22.9 Å². The second-order valence-electron chi connectivity index (χ2n) is 4.86. The molecule has 1 N–H and O–H groups in total. The van der Waals surface area contributed by atoms with E-state index in [9.17, 15) is 9.18 Å². The molecule has 3 rings (SSSR count). The van der Waals surface area contributed by atoms with Gasteiger partial charge >= 0.3 is 0 Å². The van der Waals surface area contributed by atoms with Crippen molar-refractivity contribution in [3.8, 4) is 10.6 Å². The zero-order valence-electron chi connectivity index (χ0n) is 11.9. The highest BCUT2D eigenvalue weighted by Crippen LogP contribution is 2.24. The summed E-state index contributed by atoms with van der Waals surface area (Å²) in [4.78, 5) is 16.5. The third-order valence-electron chi connectivity index (χ3n) is 3.12. The molecular formula is C17H12ClFN2OS. The van der Waals surface area contributed by atoms with Gasteiger partial charge in [0.2, 0.25) is 5.91 Å². The van der Waals surface area contributed by atoms with Crippen LogP contribution < -0.4 is 5.32 Å². The summed E-state index contributed by atoms with van der Waals surface area (Å²) >= 11 is 7.27. The molecule has 3 aromatic rings. The van der Waals surface area contributed by atoms with E-state index in [0.29, 0.717) is 10.7 Å². The van der Waals surface area contributed by atoms with Gasteiger partial charge in [-0.05, 0) is 18.2 Å². The maximum Gasteiger partial charge on any atom is 0.230 e. The molecule has 3 nitrogen and oxygen atoms in total. The van der Waals surface area contributed by atoms with E-state index >= 15 is 0 Å². The number of hydrogen-bond acceptors (Lipinski definition) is 3. The number of thiazole rings is 1. The van der Waals surface area contributed by atoms with E-state index in [2.05, 4.69) is 10.3 Å². The molecule has 6 heteroatoms. The third kappa shape index (κ3) is 3.94. The number of rotatable bonds is 4. The van der Waals surface area contributed by atoms with E-state index in [4.69, 9.17) is 11.6 Å². The first-order valence-corrected chi connectivity index (χ1v) is 8.12. The SMILES string of the molecule is O=C(Cc1csc(-c2ccccc2)n1)Nc1cc(Cl)ccc1F. The minimum absolute atomic E-state index is 0.0704. The molecule has 0 fully saturated rings. The monoisotopic (exact) mass is 346 g/mol. The number of aromatic nitrogens is 1. The maximum atomic E-state index is 13.6. The van der Waals surface area contributed by atoms with Gasteiger partial charge in [0.1, 0.15) is 10.8 Å². The summed E-state index contributed by atoms with van der Waals surface area (Å²) in [5.41, 5.74) is 1.72. The smallest absolute Gasteiger partial charge is 0.230 e. The molecule has 0 saturated carbocycles. The topological polar surface area (TPSA) is 42.0 Å². The first kappa shape index (κ1) is 15.6. The number of hydrogen-bond donors (Lipinski definition) is 1. The standard InChI is InChI=1S/C17H12ClFN2OS/c18-12-6-7-14(19)15(8-12)21-16(22)9-13-10-23-17(20-13)11-4-2-1-3-5-11/h1-8,10H,9H2,(H,21,22). The van der Waals surface area contributed by atoms with Crippen LogP contribution in [0.2, 0.25) is 5.02 Å². The zero-order chi connectivity index (χ0) is 16.2. The van der Waals surface area contributed by atoms with Crippen molar-refractivity contribution in [2.45, 2.75) is 6.42 Å². The number of anilines is 1. The summed E-state index contributed by atoms with van der Waals surface area (Å²) in [6, 6.07) is 13.8. The summed E-state index contributed by atoms with van der Waals surface area (Å²) in [6.45, 7) is 0. The molecular weight excluding hydrogens is 335 g/mol. The van der Waals surface area contributed by atoms with Crippen LogP contribution in [0.5, 0.6) is 0 Å². The molecule has 116 valence electrons. The van der Waals surface area contributed by atoms with Crippen LogP contribution in [0.25, 0.3) is 10.6 Å². The van der Waals surface area contributed by atoms with Crippen molar-refractivity contribution >= 4 is 34.5 Å². The fourth-order valence-corrected chi connectivity index (χ4v) is 3.05. The molecule has 1 heterocycles. The van der Waals surface area contributed by atoms with Gasteiger partial charge in [-0.15, -0.1) is 11.3 Å². The third-order valence-corrected chi connectivity index (χ3v) is 4.29. The Morgan fingerprint density at radius 1 is 1.22 bits per heavy atom. The highest BCUT2D eigenvalue weighted by atomic mass is 35.5. The molecule has 1 amide bonds. The van der Waals surface area contributed by atoms with Gasteiger partial charge in [0.15, 0.2) is 0 Å². The van der Waals surface area contributed by atoms with Crippen LogP contribution in [-0.4, -0.2) is 10.9 Å². The van der Waals surface area contributed by atoms with Crippen LogP contribution in [0.1, 0.15) is 5.69 Å². The normalized spacial score (nSPS) is 10.5. The van der Waals surface area contributed by atoms with Gasteiger partial charge in [0.05, 0.1) is 17.8 Å². The highest BCUT2D eigenvalue weighted by molar-refractivity contribution is 7.13. The Hall–Kier alpha value is -2.24. The Morgan fingerprint density at radius 2 is 2.00 bits per heavy atom. The summed E-state index contributed by atoms with van der Waals surface area (Å²) in [5.74, 6) is -0.859. The number of benzene rings is 2. The lowest BCUT2D eigenvalue weighted by atomic mass is 10.2. The average molecular weight is 347 g/mol. The minimum atomic E-state index is -0.522. The van der Waals surface area contributed by atoms with E-state index in [1.807, 2.05) is 35.7 Å². The van der Waals surface area contributed by atoms with E-state index in [0.717, 1.165) is 10.6 Å². The summed E-state index contributed by atoms with van der Waals surface area (Å²) in [7, 11) is 0. The number of amides is 1. The predicted octanol–water partition coefficient (Wildman–Crippen LogP) is 4.78. The molecule has 0 aliphatic heterocycles. The van der Waals surface area contributed by atoms with Crippen LogP contribution in [0.3, 0.4) is 0 Å². The molecule has 0 radical (unpaired) electrons. The molecule has 0 aliphatic carbocycles. The molecule has 0 atom stereocenters.